The summed E-state index contributed by atoms with van der Waals surface area (Å²) in [5, 5.41) is 0. The van der Waals surface area contributed by atoms with Crippen LogP contribution in [0, 0.1) is 0 Å². The molecule has 0 aromatic carbocycles. The van der Waals surface area contributed by atoms with Crippen molar-refractivity contribution >= 4 is 17.9 Å². The predicted molar refractivity (Wildman–Crippen MR) is 150 cm³/mol. The summed E-state index contributed by atoms with van der Waals surface area (Å²) in [6, 6.07) is 0. The summed E-state index contributed by atoms with van der Waals surface area (Å²) < 4.78 is 16.3. The number of ether oxygens (including phenoxy) is 3. The van der Waals surface area contributed by atoms with E-state index in [1.165, 1.54) is 51.4 Å². The number of carbonyl (C=O) groups excluding carboxylic acids is 3. The van der Waals surface area contributed by atoms with Gasteiger partial charge in [0.25, 0.3) is 0 Å². The Kier molecular flexibility index (Phi) is 26.3. The van der Waals surface area contributed by atoms with Crippen LogP contribution in [0.3, 0.4) is 0 Å². The van der Waals surface area contributed by atoms with Gasteiger partial charge in [0, 0.05) is 19.3 Å². The van der Waals surface area contributed by atoms with Gasteiger partial charge in [0.1, 0.15) is 13.2 Å². The minimum absolute atomic E-state index is 0.0678. The molecule has 37 heavy (non-hydrogen) atoms. The van der Waals surface area contributed by atoms with Crippen LogP contribution >= 0.6 is 0 Å². The van der Waals surface area contributed by atoms with Crippen molar-refractivity contribution in [1.82, 2.24) is 0 Å². The Morgan fingerprint density at radius 1 is 0.432 bits per heavy atom. The van der Waals surface area contributed by atoms with Gasteiger partial charge >= 0.3 is 17.9 Å². The monoisotopic (exact) mass is 526 g/mol. The van der Waals surface area contributed by atoms with Crippen molar-refractivity contribution in [3.05, 3.63) is 0 Å². The first-order valence-corrected chi connectivity index (χ1v) is 15.5. The van der Waals surface area contributed by atoms with Crippen LogP contribution in [0.25, 0.3) is 0 Å². The molecule has 218 valence electrons. The van der Waals surface area contributed by atoms with E-state index in [1.807, 2.05) is 0 Å². The normalized spacial score (nSPS) is 11.8. The van der Waals surface area contributed by atoms with Crippen molar-refractivity contribution in [2.45, 2.75) is 168 Å². The van der Waals surface area contributed by atoms with Crippen LogP contribution in [0.5, 0.6) is 0 Å². The summed E-state index contributed by atoms with van der Waals surface area (Å²) in [5.41, 5.74) is 0. The van der Waals surface area contributed by atoms with E-state index in [2.05, 4.69) is 20.8 Å². The molecule has 0 rings (SSSR count). The molecule has 6 nitrogen and oxygen atoms in total. The molecule has 6 heteroatoms. The van der Waals surface area contributed by atoms with Gasteiger partial charge in [-0.05, 0) is 19.3 Å². The van der Waals surface area contributed by atoms with Crippen molar-refractivity contribution in [1.29, 1.82) is 0 Å². The molecule has 0 bridgehead atoms. The van der Waals surface area contributed by atoms with Crippen LogP contribution in [0.1, 0.15) is 162 Å². The van der Waals surface area contributed by atoms with Gasteiger partial charge in [-0.1, -0.05) is 124 Å². The molecule has 1 unspecified atom stereocenters. The Bertz CT molecular complexity index is 548. The van der Waals surface area contributed by atoms with E-state index >= 15 is 0 Å². The van der Waals surface area contributed by atoms with Gasteiger partial charge in [-0.2, -0.15) is 0 Å². The van der Waals surface area contributed by atoms with Crippen LogP contribution in [0.15, 0.2) is 0 Å². The van der Waals surface area contributed by atoms with Gasteiger partial charge in [-0.3, -0.25) is 14.4 Å². The molecule has 0 saturated carbocycles. The molecule has 0 aliphatic rings. The SMILES string of the molecule is CCCCCCCCCCCC(=O)OCC(COC(=O)CCCCCCC)OC(=O)CCCCCCC. The van der Waals surface area contributed by atoms with Crippen LogP contribution in [-0.2, 0) is 28.6 Å². The van der Waals surface area contributed by atoms with Crippen molar-refractivity contribution in [2.75, 3.05) is 13.2 Å². The van der Waals surface area contributed by atoms with Gasteiger partial charge in [0.15, 0.2) is 6.10 Å². The average molecular weight is 527 g/mol. The summed E-state index contributed by atoms with van der Waals surface area (Å²) in [6.07, 6.45) is 21.5. The van der Waals surface area contributed by atoms with E-state index in [9.17, 15) is 14.4 Å². The average Bonchev–Trinajstić information content (AvgIpc) is 2.89. The van der Waals surface area contributed by atoms with E-state index < -0.39 is 6.10 Å². The maximum atomic E-state index is 12.3. The standard InChI is InChI=1S/C31H58O6/c1-4-7-10-13-14-15-16-19-21-24-30(33)36-27-28(37-31(34)25-22-18-12-9-6-3)26-35-29(32)23-20-17-11-8-5-2/h28H,4-27H2,1-3H3. The Labute approximate surface area is 228 Å². The van der Waals surface area contributed by atoms with Crippen molar-refractivity contribution in [2.24, 2.45) is 0 Å². The largest absolute Gasteiger partial charge is 0.462 e. The van der Waals surface area contributed by atoms with Crippen LogP contribution in [-0.4, -0.2) is 37.2 Å². The van der Waals surface area contributed by atoms with Gasteiger partial charge in [-0.15, -0.1) is 0 Å². The van der Waals surface area contributed by atoms with Crippen molar-refractivity contribution < 1.29 is 28.6 Å². The van der Waals surface area contributed by atoms with Crippen LogP contribution in [0.2, 0.25) is 0 Å². The lowest BCUT2D eigenvalue weighted by Gasteiger charge is -2.18. The number of hydrogen-bond acceptors (Lipinski definition) is 6. The number of hydrogen-bond donors (Lipinski definition) is 0. The Morgan fingerprint density at radius 2 is 0.730 bits per heavy atom. The zero-order valence-corrected chi connectivity index (χ0v) is 24.5. The lowest BCUT2D eigenvalue weighted by atomic mass is 10.1. The molecule has 0 spiro atoms. The number of unbranched alkanes of at least 4 members (excludes halogenated alkanes) is 16. The van der Waals surface area contributed by atoms with Gasteiger partial charge in [0.2, 0.25) is 0 Å². The third kappa shape index (κ3) is 25.8. The molecule has 0 aliphatic carbocycles. The second-order valence-corrected chi connectivity index (χ2v) is 10.4. The second kappa shape index (κ2) is 27.4. The molecule has 0 radical (unpaired) electrons. The molecule has 0 saturated heterocycles. The maximum absolute atomic E-state index is 12.3. The molecule has 0 amide bonds. The molecule has 0 aromatic rings. The molecule has 0 fully saturated rings. The summed E-state index contributed by atoms with van der Waals surface area (Å²) in [5.74, 6) is -0.906. The lowest BCUT2D eigenvalue weighted by molar-refractivity contribution is -0.167. The quantitative estimate of drug-likeness (QED) is 0.0605. The van der Waals surface area contributed by atoms with Crippen molar-refractivity contribution in [3.8, 4) is 0 Å². The number of carbonyl (C=O) groups is 3. The molecular weight excluding hydrogens is 468 g/mol. The minimum atomic E-state index is -0.751. The van der Waals surface area contributed by atoms with E-state index in [0.29, 0.717) is 19.3 Å². The minimum Gasteiger partial charge on any atom is -0.462 e. The van der Waals surface area contributed by atoms with E-state index in [4.69, 9.17) is 14.2 Å². The predicted octanol–water partition coefficient (Wildman–Crippen LogP) is 8.63. The van der Waals surface area contributed by atoms with Gasteiger partial charge in [-0.25, -0.2) is 0 Å². The summed E-state index contributed by atoms with van der Waals surface area (Å²) in [6.45, 7) is 6.40. The summed E-state index contributed by atoms with van der Waals surface area (Å²) in [4.78, 5) is 36.6. The first-order chi connectivity index (χ1) is 18.0. The van der Waals surface area contributed by atoms with Gasteiger partial charge < -0.3 is 14.2 Å². The molecule has 1 atom stereocenters. The van der Waals surface area contributed by atoms with Crippen LogP contribution < -0.4 is 0 Å². The fourth-order valence-corrected chi connectivity index (χ4v) is 4.20. The van der Waals surface area contributed by atoms with E-state index in [1.54, 1.807) is 0 Å². The first kappa shape index (κ1) is 35.4. The third-order valence-corrected chi connectivity index (χ3v) is 6.61. The smallest absolute Gasteiger partial charge is 0.306 e. The first-order valence-electron chi connectivity index (χ1n) is 15.5. The highest BCUT2D eigenvalue weighted by Crippen LogP contribution is 2.12. The molecule has 0 aromatic heterocycles. The zero-order valence-electron chi connectivity index (χ0n) is 24.5. The highest BCUT2D eigenvalue weighted by atomic mass is 16.6. The third-order valence-electron chi connectivity index (χ3n) is 6.61. The Balaban J connectivity index is 4.29. The Morgan fingerprint density at radius 3 is 1.08 bits per heavy atom. The molecule has 0 N–H and O–H groups in total. The molecule has 0 heterocycles. The highest BCUT2D eigenvalue weighted by Gasteiger charge is 2.19. The maximum Gasteiger partial charge on any atom is 0.306 e. The van der Waals surface area contributed by atoms with Crippen LogP contribution in [0.4, 0.5) is 0 Å². The molecular formula is C31H58O6. The number of rotatable bonds is 27. The lowest BCUT2D eigenvalue weighted by Crippen LogP contribution is -2.30. The topological polar surface area (TPSA) is 78.9 Å². The summed E-state index contributed by atoms with van der Waals surface area (Å²) in [7, 11) is 0. The van der Waals surface area contributed by atoms with Crippen molar-refractivity contribution in [3.63, 3.8) is 0 Å². The fraction of sp³-hybridized carbons (Fsp3) is 0.903. The Hall–Kier alpha value is -1.59. The highest BCUT2D eigenvalue weighted by molar-refractivity contribution is 5.71. The van der Waals surface area contributed by atoms with E-state index in [-0.39, 0.29) is 31.1 Å². The number of esters is 3. The van der Waals surface area contributed by atoms with E-state index in [0.717, 1.165) is 70.6 Å². The second-order valence-electron chi connectivity index (χ2n) is 10.4. The van der Waals surface area contributed by atoms with Gasteiger partial charge in [0.05, 0.1) is 0 Å². The zero-order chi connectivity index (χ0) is 27.4. The summed E-state index contributed by atoms with van der Waals surface area (Å²) >= 11 is 0. The fourth-order valence-electron chi connectivity index (χ4n) is 4.20. The molecule has 0 aliphatic heterocycles.